The van der Waals surface area contributed by atoms with E-state index in [1.807, 2.05) is 0 Å². The van der Waals surface area contributed by atoms with Crippen molar-refractivity contribution in [2.24, 2.45) is 13.0 Å². The summed E-state index contributed by atoms with van der Waals surface area (Å²) in [5.41, 5.74) is 3.80. The summed E-state index contributed by atoms with van der Waals surface area (Å²) in [5, 5.41) is 7.96. The first-order valence-corrected chi connectivity index (χ1v) is 10.3. The summed E-state index contributed by atoms with van der Waals surface area (Å²) in [6, 6.07) is 8.72. The molecule has 150 valence electrons. The van der Waals surface area contributed by atoms with Crippen LogP contribution in [0.5, 0.6) is 5.75 Å². The van der Waals surface area contributed by atoms with Gasteiger partial charge in [0.15, 0.2) is 0 Å². The van der Waals surface area contributed by atoms with E-state index in [0.29, 0.717) is 12.0 Å². The summed E-state index contributed by atoms with van der Waals surface area (Å²) in [6.45, 7) is 3.06. The summed E-state index contributed by atoms with van der Waals surface area (Å²) < 4.78 is 6.75. The van der Waals surface area contributed by atoms with E-state index in [0.717, 1.165) is 56.8 Å². The van der Waals surface area contributed by atoms with Gasteiger partial charge in [-0.15, -0.1) is 0 Å². The number of rotatable bonds is 5. The molecule has 0 saturated carbocycles. The van der Waals surface area contributed by atoms with Gasteiger partial charge in [-0.3, -0.25) is 4.79 Å². The Kier molecular flexibility index (Phi) is 5.67. The molecule has 1 saturated heterocycles. The molecule has 2 heterocycles. The zero-order valence-corrected chi connectivity index (χ0v) is 16.9. The van der Waals surface area contributed by atoms with E-state index in [4.69, 9.17) is 4.74 Å². The first kappa shape index (κ1) is 19.0. The zero-order valence-electron chi connectivity index (χ0n) is 16.9. The van der Waals surface area contributed by atoms with Crippen LogP contribution < -0.4 is 20.5 Å². The van der Waals surface area contributed by atoms with Gasteiger partial charge in [-0.25, -0.2) is 4.68 Å². The first-order valence-electron chi connectivity index (χ1n) is 10.3. The minimum atomic E-state index is -0.0458. The number of aryl methyl sites for hydroxylation is 2. The van der Waals surface area contributed by atoms with E-state index in [1.165, 1.54) is 22.2 Å². The Morgan fingerprint density at radius 1 is 1.18 bits per heavy atom. The third-order valence-electron chi connectivity index (χ3n) is 6.27. The summed E-state index contributed by atoms with van der Waals surface area (Å²) in [5.74, 6) is 1.65. The van der Waals surface area contributed by atoms with E-state index in [2.05, 4.69) is 33.5 Å². The standard InChI is InChI=1S/C22H30N4O2/c1-25-22(27)13-20(15-24-25)26-9-7-16(8-10-26)14-23-19-5-3-17-4-6-21(28-2)12-18(17)11-19/h4,6,12-13,15-16,19,23H,3,5,7-11,14H2,1-2H3/t19-/m1/s1. The van der Waals surface area contributed by atoms with Gasteiger partial charge in [-0.05, 0) is 67.8 Å². The highest BCUT2D eigenvalue weighted by atomic mass is 16.5. The Balaban J connectivity index is 1.26. The largest absolute Gasteiger partial charge is 0.497 e. The van der Waals surface area contributed by atoms with Crippen molar-refractivity contribution in [3.8, 4) is 5.75 Å². The van der Waals surface area contributed by atoms with Gasteiger partial charge in [-0.1, -0.05) is 6.07 Å². The second-order valence-electron chi connectivity index (χ2n) is 8.09. The predicted octanol–water partition coefficient (Wildman–Crippen LogP) is 2.15. The summed E-state index contributed by atoms with van der Waals surface area (Å²) in [4.78, 5) is 14.1. The van der Waals surface area contributed by atoms with Gasteiger partial charge >= 0.3 is 0 Å². The Morgan fingerprint density at radius 3 is 2.75 bits per heavy atom. The Labute approximate surface area is 166 Å². The Hall–Kier alpha value is -2.34. The van der Waals surface area contributed by atoms with E-state index >= 15 is 0 Å². The van der Waals surface area contributed by atoms with Crippen LogP contribution in [0.15, 0.2) is 35.3 Å². The molecule has 1 aliphatic carbocycles. The molecule has 2 aromatic rings. The molecule has 6 heteroatoms. The molecule has 2 aliphatic rings. The third-order valence-corrected chi connectivity index (χ3v) is 6.27. The number of fused-ring (bicyclic) bond motifs is 1. The van der Waals surface area contributed by atoms with Gasteiger partial charge in [0, 0.05) is 32.2 Å². The van der Waals surface area contributed by atoms with Crippen molar-refractivity contribution < 1.29 is 4.74 Å². The van der Waals surface area contributed by atoms with Gasteiger partial charge in [0.05, 0.1) is 19.0 Å². The predicted molar refractivity (Wildman–Crippen MR) is 111 cm³/mol. The number of aromatic nitrogens is 2. The number of nitrogens with zero attached hydrogens (tertiary/aromatic N) is 3. The number of anilines is 1. The Morgan fingerprint density at radius 2 is 2.00 bits per heavy atom. The van der Waals surface area contributed by atoms with E-state index in [-0.39, 0.29) is 5.56 Å². The normalized spacial score (nSPS) is 20.1. The average Bonchev–Trinajstić information content (AvgIpc) is 2.74. The van der Waals surface area contributed by atoms with Crippen LogP contribution in [0.2, 0.25) is 0 Å². The maximum Gasteiger partial charge on any atom is 0.268 e. The molecule has 1 aromatic heterocycles. The number of nitrogens with one attached hydrogen (secondary N) is 1. The van der Waals surface area contributed by atoms with Crippen molar-refractivity contribution in [1.82, 2.24) is 15.1 Å². The maximum atomic E-state index is 11.8. The van der Waals surface area contributed by atoms with Crippen LogP contribution in [0.4, 0.5) is 5.69 Å². The quantitative estimate of drug-likeness (QED) is 0.859. The van der Waals surface area contributed by atoms with Gasteiger partial charge in [0.2, 0.25) is 0 Å². The monoisotopic (exact) mass is 382 g/mol. The first-order chi connectivity index (χ1) is 13.6. The van der Waals surface area contributed by atoms with Crippen LogP contribution in [0, 0.1) is 5.92 Å². The summed E-state index contributed by atoms with van der Waals surface area (Å²) in [7, 11) is 3.42. The lowest BCUT2D eigenvalue weighted by Gasteiger charge is -2.34. The lowest BCUT2D eigenvalue weighted by atomic mass is 9.87. The molecule has 1 N–H and O–H groups in total. The molecule has 0 radical (unpaired) electrons. The van der Waals surface area contributed by atoms with E-state index < -0.39 is 0 Å². The van der Waals surface area contributed by atoms with Gasteiger partial charge < -0.3 is 15.0 Å². The second-order valence-corrected chi connectivity index (χ2v) is 8.09. The van der Waals surface area contributed by atoms with E-state index in [9.17, 15) is 4.79 Å². The van der Waals surface area contributed by atoms with Crippen LogP contribution in [0.1, 0.15) is 30.4 Å². The van der Waals surface area contributed by atoms with Gasteiger partial charge in [0.25, 0.3) is 5.56 Å². The molecular formula is C22H30N4O2. The van der Waals surface area contributed by atoms with Crippen LogP contribution in [0.3, 0.4) is 0 Å². The Bertz CT molecular complexity index is 871. The highest BCUT2D eigenvalue weighted by Crippen LogP contribution is 2.26. The fourth-order valence-electron chi connectivity index (χ4n) is 4.40. The number of piperidine rings is 1. The molecule has 0 unspecified atom stereocenters. The van der Waals surface area contributed by atoms with Crippen LogP contribution in [-0.2, 0) is 19.9 Å². The summed E-state index contributed by atoms with van der Waals surface area (Å²) >= 11 is 0. The number of methoxy groups -OCH3 is 1. The number of hydrogen-bond acceptors (Lipinski definition) is 5. The smallest absolute Gasteiger partial charge is 0.268 e. The maximum absolute atomic E-state index is 11.8. The molecule has 28 heavy (non-hydrogen) atoms. The molecule has 1 fully saturated rings. The number of benzene rings is 1. The molecule has 0 amide bonds. The molecular weight excluding hydrogens is 352 g/mol. The SMILES string of the molecule is COc1ccc2c(c1)C[C@H](NCC1CCN(c3cnn(C)c(=O)c3)CC1)CC2. The van der Waals surface area contributed by atoms with Crippen LogP contribution >= 0.6 is 0 Å². The molecule has 1 aromatic carbocycles. The minimum absolute atomic E-state index is 0.0458. The minimum Gasteiger partial charge on any atom is -0.497 e. The molecule has 0 spiro atoms. The summed E-state index contributed by atoms with van der Waals surface area (Å²) in [6.07, 6.45) is 7.54. The fraction of sp³-hybridized carbons (Fsp3) is 0.545. The second kappa shape index (κ2) is 8.35. The van der Waals surface area contributed by atoms with Crippen molar-refractivity contribution >= 4 is 5.69 Å². The van der Waals surface area contributed by atoms with Crippen molar-refractivity contribution in [2.75, 3.05) is 31.6 Å². The molecule has 1 aliphatic heterocycles. The highest BCUT2D eigenvalue weighted by molar-refractivity contribution is 5.43. The van der Waals surface area contributed by atoms with Crippen molar-refractivity contribution in [2.45, 2.75) is 38.1 Å². The van der Waals surface area contributed by atoms with E-state index in [1.54, 1.807) is 26.4 Å². The lowest BCUT2D eigenvalue weighted by Crippen LogP contribution is -2.42. The molecule has 1 atom stereocenters. The van der Waals surface area contributed by atoms with Crippen LogP contribution in [0.25, 0.3) is 0 Å². The number of ether oxygens (including phenoxy) is 1. The highest BCUT2D eigenvalue weighted by Gasteiger charge is 2.23. The zero-order chi connectivity index (χ0) is 19.5. The van der Waals surface area contributed by atoms with Crippen molar-refractivity contribution in [3.05, 3.63) is 51.9 Å². The van der Waals surface area contributed by atoms with Crippen molar-refractivity contribution in [1.29, 1.82) is 0 Å². The number of hydrogen-bond donors (Lipinski definition) is 1. The molecule has 4 rings (SSSR count). The average molecular weight is 383 g/mol. The van der Waals surface area contributed by atoms with Crippen molar-refractivity contribution in [3.63, 3.8) is 0 Å². The van der Waals surface area contributed by atoms with Gasteiger partial charge in [0.1, 0.15) is 5.75 Å². The fourth-order valence-corrected chi connectivity index (χ4v) is 4.40. The lowest BCUT2D eigenvalue weighted by molar-refractivity contribution is 0.347. The topological polar surface area (TPSA) is 59.4 Å². The molecule has 6 nitrogen and oxygen atoms in total. The van der Waals surface area contributed by atoms with Crippen LogP contribution in [-0.4, -0.2) is 42.6 Å². The van der Waals surface area contributed by atoms with Gasteiger partial charge in [-0.2, -0.15) is 5.10 Å². The molecule has 0 bridgehead atoms. The third kappa shape index (κ3) is 4.22.